The summed E-state index contributed by atoms with van der Waals surface area (Å²) in [7, 11) is 0. The second-order valence-electron chi connectivity index (χ2n) is 4.81. The number of carbonyl (C=O) groups is 2. The number of carboxylic acid groups (broad SMARTS) is 1. The molecular formula is C13H17N3O5. The first-order valence-electron chi connectivity index (χ1n) is 6.34. The van der Waals surface area contributed by atoms with Gasteiger partial charge in [0.1, 0.15) is 5.69 Å². The molecule has 0 radical (unpaired) electrons. The number of aromatic carboxylic acids is 1. The fraction of sp³-hybridized carbons (Fsp3) is 0.385. The smallest absolute Gasteiger partial charge is 0.338 e. The minimum atomic E-state index is -1.30. The van der Waals surface area contributed by atoms with E-state index in [1.807, 2.05) is 13.8 Å². The average Bonchev–Trinajstić information content (AvgIpc) is 2.42. The highest BCUT2D eigenvalue weighted by Crippen LogP contribution is 2.28. The standard InChI is InChI=1S/C13H17N3O5/c1-8(2)6-14-11(17)7-15-12-9(13(18)19)4-3-5-10(12)16(20)21/h3-5,8,15H,6-7H2,1-2H3,(H,14,17)(H,18,19). The summed E-state index contributed by atoms with van der Waals surface area (Å²) >= 11 is 0. The molecule has 0 aliphatic rings. The molecule has 0 fully saturated rings. The number of nitro groups is 1. The van der Waals surface area contributed by atoms with Crippen molar-refractivity contribution in [3.8, 4) is 0 Å². The number of rotatable bonds is 7. The summed E-state index contributed by atoms with van der Waals surface area (Å²) in [4.78, 5) is 32.9. The monoisotopic (exact) mass is 295 g/mol. The van der Waals surface area contributed by atoms with Gasteiger partial charge in [0.15, 0.2) is 0 Å². The van der Waals surface area contributed by atoms with Crippen LogP contribution in [-0.4, -0.2) is 35.0 Å². The van der Waals surface area contributed by atoms with E-state index in [2.05, 4.69) is 10.6 Å². The quantitative estimate of drug-likeness (QED) is 0.517. The first-order chi connectivity index (χ1) is 9.82. The normalized spacial score (nSPS) is 10.2. The summed E-state index contributed by atoms with van der Waals surface area (Å²) in [5.41, 5.74) is -0.804. The van der Waals surface area contributed by atoms with Gasteiger partial charge in [-0.1, -0.05) is 19.9 Å². The van der Waals surface area contributed by atoms with Crippen LogP contribution in [0.3, 0.4) is 0 Å². The molecule has 1 amide bonds. The Bertz CT molecular complexity index is 524. The fourth-order valence-electron chi connectivity index (χ4n) is 1.61. The first-order valence-corrected chi connectivity index (χ1v) is 6.34. The van der Waals surface area contributed by atoms with Gasteiger partial charge in [0, 0.05) is 12.6 Å². The molecule has 1 aromatic rings. The molecule has 0 spiro atoms. The lowest BCUT2D eigenvalue weighted by molar-refractivity contribution is -0.384. The molecule has 21 heavy (non-hydrogen) atoms. The van der Waals surface area contributed by atoms with E-state index in [1.165, 1.54) is 18.2 Å². The van der Waals surface area contributed by atoms with Crippen LogP contribution < -0.4 is 10.6 Å². The second-order valence-corrected chi connectivity index (χ2v) is 4.81. The maximum atomic E-state index is 11.6. The number of benzene rings is 1. The minimum Gasteiger partial charge on any atom is -0.478 e. The van der Waals surface area contributed by atoms with Crippen molar-refractivity contribution in [2.75, 3.05) is 18.4 Å². The molecule has 1 aromatic carbocycles. The van der Waals surface area contributed by atoms with Crippen LogP contribution >= 0.6 is 0 Å². The van der Waals surface area contributed by atoms with Gasteiger partial charge in [-0.3, -0.25) is 14.9 Å². The third-order valence-corrected chi connectivity index (χ3v) is 2.60. The fourth-order valence-corrected chi connectivity index (χ4v) is 1.61. The Morgan fingerprint density at radius 3 is 2.57 bits per heavy atom. The minimum absolute atomic E-state index is 0.172. The Hall–Kier alpha value is -2.64. The number of carboxylic acids is 1. The zero-order valence-electron chi connectivity index (χ0n) is 11.8. The summed E-state index contributed by atoms with van der Waals surface area (Å²) in [5.74, 6) is -1.39. The maximum Gasteiger partial charge on any atom is 0.338 e. The molecule has 0 bridgehead atoms. The molecule has 0 saturated heterocycles. The van der Waals surface area contributed by atoms with Crippen LogP contribution in [0.1, 0.15) is 24.2 Å². The second kappa shape index (κ2) is 7.22. The SMILES string of the molecule is CC(C)CNC(=O)CNc1c(C(=O)O)cccc1[N+](=O)[O-]. The van der Waals surface area contributed by atoms with Gasteiger partial charge >= 0.3 is 5.97 Å². The van der Waals surface area contributed by atoms with Crippen LogP contribution in [-0.2, 0) is 4.79 Å². The van der Waals surface area contributed by atoms with Crippen molar-refractivity contribution in [3.05, 3.63) is 33.9 Å². The van der Waals surface area contributed by atoms with Crippen molar-refractivity contribution in [3.63, 3.8) is 0 Å². The van der Waals surface area contributed by atoms with E-state index >= 15 is 0 Å². The van der Waals surface area contributed by atoms with Crippen LogP contribution in [0, 0.1) is 16.0 Å². The van der Waals surface area contributed by atoms with Crippen molar-refractivity contribution in [1.82, 2.24) is 5.32 Å². The molecule has 0 heterocycles. The lowest BCUT2D eigenvalue weighted by Crippen LogP contribution is -2.32. The zero-order valence-corrected chi connectivity index (χ0v) is 11.8. The number of hydrogen-bond acceptors (Lipinski definition) is 5. The molecule has 0 aliphatic heterocycles. The van der Waals surface area contributed by atoms with Crippen LogP contribution in [0.25, 0.3) is 0 Å². The summed E-state index contributed by atoms with van der Waals surface area (Å²) in [6.45, 7) is 4.09. The molecular weight excluding hydrogens is 278 g/mol. The van der Waals surface area contributed by atoms with Gasteiger partial charge in [0.05, 0.1) is 17.0 Å². The Kier molecular flexibility index (Phi) is 5.65. The molecule has 0 unspecified atom stereocenters. The molecule has 0 aromatic heterocycles. The van der Waals surface area contributed by atoms with Crippen molar-refractivity contribution in [2.24, 2.45) is 5.92 Å². The molecule has 1 rings (SSSR count). The maximum absolute atomic E-state index is 11.6. The molecule has 0 saturated carbocycles. The van der Waals surface area contributed by atoms with E-state index in [1.54, 1.807) is 0 Å². The number of para-hydroxylation sites is 1. The first kappa shape index (κ1) is 16.4. The van der Waals surface area contributed by atoms with E-state index in [0.29, 0.717) is 6.54 Å². The van der Waals surface area contributed by atoms with Gasteiger partial charge in [0.25, 0.3) is 5.69 Å². The van der Waals surface area contributed by atoms with Crippen molar-refractivity contribution < 1.29 is 19.6 Å². The molecule has 114 valence electrons. The highest BCUT2D eigenvalue weighted by molar-refractivity contribution is 5.97. The van der Waals surface area contributed by atoms with Gasteiger partial charge < -0.3 is 15.7 Å². The third-order valence-electron chi connectivity index (χ3n) is 2.60. The van der Waals surface area contributed by atoms with Crippen molar-refractivity contribution in [1.29, 1.82) is 0 Å². The van der Waals surface area contributed by atoms with Crippen LogP contribution in [0.2, 0.25) is 0 Å². The average molecular weight is 295 g/mol. The largest absolute Gasteiger partial charge is 0.478 e. The molecule has 0 atom stereocenters. The number of carbonyl (C=O) groups excluding carboxylic acids is 1. The van der Waals surface area contributed by atoms with Crippen LogP contribution in [0.15, 0.2) is 18.2 Å². The predicted molar refractivity (Wildman–Crippen MR) is 76.4 cm³/mol. The van der Waals surface area contributed by atoms with Crippen LogP contribution in [0.4, 0.5) is 11.4 Å². The highest BCUT2D eigenvalue weighted by Gasteiger charge is 2.21. The third kappa shape index (κ3) is 4.75. The number of amides is 1. The Morgan fingerprint density at radius 1 is 1.38 bits per heavy atom. The number of nitrogens with one attached hydrogen (secondary N) is 2. The highest BCUT2D eigenvalue weighted by atomic mass is 16.6. The number of nitro benzene ring substituents is 1. The van der Waals surface area contributed by atoms with Gasteiger partial charge in [-0.25, -0.2) is 4.79 Å². The Balaban J connectivity index is 2.88. The van der Waals surface area contributed by atoms with Crippen LogP contribution in [0.5, 0.6) is 0 Å². The molecule has 0 aliphatic carbocycles. The Labute approximate surface area is 121 Å². The van der Waals surface area contributed by atoms with E-state index in [0.717, 1.165) is 0 Å². The molecule has 3 N–H and O–H groups in total. The summed E-state index contributed by atoms with van der Waals surface area (Å²) in [5, 5.41) is 25.1. The van der Waals surface area contributed by atoms with E-state index in [9.17, 15) is 19.7 Å². The van der Waals surface area contributed by atoms with Crippen molar-refractivity contribution in [2.45, 2.75) is 13.8 Å². The van der Waals surface area contributed by atoms with E-state index in [-0.39, 0.29) is 35.3 Å². The molecule has 8 heteroatoms. The summed E-state index contributed by atoms with van der Waals surface area (Å²) in [6.07, 6.45) is 0. The topological polar surface area (TPSA) is 122 Å². The number of hydrogen-bond donors (Lipinski definition) is 3. The van der Waals surface area contributed by atoms with Gasteiger partial charge in [0.2, 0.25) is 5.91 Å². The Morgan fingerprint density at radius 2 is 2.05 bits per heavy atom. The number of anilines is 1. The lowest BCUT2D eigenvalue weighted by Gasteiger charge is -2.11. The molecule has 8 nitrogen and oxygen atoms in total. The van der Waals surface area contributed by atoms with E-state index < -0.39 is 10.9 Å². The van der Waals surface area contributed by atoms with Crippen molar-refractivity contribution >= 4 is 23.3 Å². The predicted octanol–water partition coefficient (Wildman–Crippen LogP) is 1.48. The van der Waals surface area contributed by atoms with E-state index in [4.69, 9.17) is 5.11 Å². The summed E-state index contributed by atoms with van der Waals surface area (Å²) < 4.78 is 0. The van der Waals surface area contributed by atoms with Gasteiger partial charge in [-0.05, 0) is 12.0 Å². The zero-order chi connectivity index (χ0) is 16.0. The lowest BCUT2D eigenvalue weighted by atomic mass is 10.1. The van der Waals surface area contributed by atoms with Gasteiger partial charge in [-0.15, -0.1) is 0 Å². The van der Waals surface area contributed by atoms with Gasteiger partial charge in [-0.2, -0.15) is 0 Å². The number of nitrogens with zero attached hydrogens (tertiary/aromatic N) is 1. The summed E-state index contributed by atoms with van der Waals surface area (Å²) in [6, 6.07) is 3.70.